The molecule has 1 rings (SSSR count). The molecule has 1 nitrogen and oxygen atoms in total. The zero-order valence-electron chi connectivity index (χ0n) is 6.80. The minimum Gasteiger partial charge on any atom is -0.289 e. The molecule has 0 aliphatic carbocycles. The van der Waals surface area contributed by atoms with Crippen LogP contribution in [0.5, 0.6) is 0 Å². The number of carbonyl (C=O) groups is 1. The SMILES string of the molecule is C=CC(=O)c1c(C)cccc1Br. The van der Waals surface area contributed by atoms with Crippen LogP contribution in [0.2, 0.25) is 0 Å². The van der Waals surface area contributed by atoms with Gasteiger partial charge in [0.1, 0.15) is 0 Å². The van der Waals surface area contributed by atoms with Gasteiger partial charge in [-0.25, -0.2) is 0 Å². The molecule has 1 aromatic carbocycles. The van der Waals surface area contributed by atoms with Crippen molar-refractivity contribution in [1.29, 1.82) is 0 Å². The first-order valence-electron chi connectivity index (χ1n) is 3.58. The predicted molar refractivity (Wildman–Crippen MR) is 53.4 cm³/mol. The quantitative estimate of drug-likeness (QED) is 0.558. The van der Waals surface area contributed by atoms with Crippen molar-refractivity contribution in [2.75, 3.05) is 0 Å². The molecular weight excluding hydrogens is 216 g/mol. The molecular formula is C10H9BrO. The number of allylic oxidation sites excluding steroid dienone is 1. The summed E-state index contributed by atoms with van der Waals surface area (Å²) in [5.41, 5.74) is 1.67. The maximum absolute atomic E-state index is 11.3. The van der Waals surface area contributed by atoms with Gasteiger partial charge in [-0.15, -0.1) is 0 Å². The molecule has 0 bridgehead atoms. The Balaban J connectivity index is 3.30. The van der Waals surface area contributed by atoms with Gasteiger partial charge in [-0.05, 0) is 24.6 Å². The average molecular weight is 225 g/mol. The fourth-order valence-electron chi connectivity index (χ4n) is 1.05. The van der Waals surface area contributed by atoms with Crippen molar-refractivity contribution in [2.24, 2.45) is 0 Å². The van der Waals surface area contributed by atoms with Crippen LogP contribution < -0.4 is 0 Å². The highest BCUT2D eigenvalue weighted by Gasteiger charge is 2.08. The summed E-state index contributed by atoms with van der Waals surface area (Å²) in [6.45, 7) is 5.35. The van der Waals surface area contributed by atoms with Crippen molar-refractivity contribution in [3.05, 3.63) is 46.5 Å². The largest absolute Gasteiger partial charge is 0.289 e. The van der Waals surface area contributed by atoms with E-state index in [0.29, 0.717) is 5.56 Å². The minimum atomic E-state index is -0.0417. The summed E-state index contributed by atoms with van der Waals surface area (Å²) < 4.78 is 0.826. The van der Waals surface area contributed by atoms with Crippen molar-refractivity contribution < 1.29 is 4.79 Å². The van der Waals surface area contributed by atoms with Gasteiger partial charge in [-0.2, -0.15) is 0 Å². The summed E-state index contributed by atoms with van der Waals surface area (Å²) in [5, 5.41) is 0. The molecule has 0 atom stereocenters. The van der Waals surface area contributed by atoms with Crippen LogP contribution in [0.15, 0.2) is 35.3 Å². The van der Waals surface area contributed by atoms with Crippen LogP contribution in [-0.4, -0.2) is 5.78 Å². The zero-order chi connectivity index (χ0) is 9.14. The monoisotopic (exact) mass is 224 g/mol. The van der Waals surface area contributed by atoms with E-state index in [2.05, 4.69) is 22.5 Å². The Morgan fingerprint density at radius 2 is 2.25 bits per heavy atom. The van der Waals surface area contributed by atoms with E-state index >= 15 is 0 Å². The maximum atomic E-state index is 11.3. The van der Waals surface area contributed by atoms with Gasteiger partial charge in [0.05, 0.1) is 0 Å². The lowest BCUT2D eigenvalue weighted by molar-refractivity contribution is 0.104. The Morgan fingerprint density at radius 1 is 1.58 bits per heavy atom. The number of ketones is 1. The lowest BCUT2D eigenvalue weighted by atomic mass is 10.1. The standard InChI is InChI=1S/C10H9BrO/c1-3-9(12)10-7(2)5-4-6-8(10)11/h3-6H,1H2,2H3. The Bertz CT molecular complexity index is 308. The second kappa shape index (κ2) is 3.68. The van der Waals surface area contributed by atoms with E-state index in [9.17, 15) is 4.79 Å². The van der Waals surface area contributed by atoms with Crippen LogP contribution >= 0.6 is 15.9 Å². The Kier molecular flexibility index (Phi) is 2.82. The molecule has 1 aromatic rings. The summed E-state index contributed by atoms with van der Waals surface area (Å²) in [6, 6.07) is 5.66. The number of carbonyl (C=O) groups excluding carboxylic acids is 1. The third kappa shape index (κ3) is 1.64. The highest BCUT2D eigenvalue weighted by atomic mass is 79.9. The van der Waals surface area contributed by atoms with Gasteiger partial charge >= 0.3 is 0 Å². The third-order valence-corrected chi connectivity index (χ3v) is 2.31. The first-order chi connectivity index (χ1) is 5.66. The van der Waals surface area contributed by atoms with Crippen LogP contribution in [-0.2, 0) is 0 Å². The van der Waals surface area contributed by atoms with Crippen LogP contribution in [0.1, 0.15) is 15.9 Å². The van der Waals surface area contributed by atoms with Crippen molar-refractivity contribution in [1.82, 2.24) is 0 Å². The molecule has 0 unspecified atom stereocenters. The number of aryl methyl sites for hydroxylation is 1. The van der Waals surface area contributed by atoms with E-state index in [-0.39, 0.29) is 5.78 Å². The molecule has 2 heteroatoms. The van der Waals surface area contributed by atoms with E-state index in [4.69, 9.17) is 0 Å². The molecule has 0 aliphatic rings. The summed E-state index contributed by atoms with van der Waals surface area (Å²) in [4.78, 5) is 11.3. The lowest BCUT2D eigenvalue weighted by Crippen LogP contribution is -1.98. The van der Waals surface area contributed by atoms with Gasteiger partial charge in [0.25, 0.3) is 0 Å². The van der Waals surface area contributed by atoms with Crippen molar-refractivity contribution in [3.63, 3.8) is 0 Å². The molecule has 0 saturated heterocycles. The molecule has 0 spiro atoms. The second-order valence-corrected chi connectivity index (χ2v) is 3.35. The summed E-state index contributed by atoms with van der Waals surface area (Å²) in [7, 11) is 0. The number of hydrogen-bond acceptors (Lipinski definition) is 1. The fraction of sp³-hybridized carbons (Fsp3) is 0.100. The van der Waals surface area contributed by atoms with E-state index < -0.39 is 0 Å². The lowest BCUT2D eigenvalue weighted by Gasteiger charge is -2.03. The Hall–Kier alpha value is -0.890. The second-order valence-electron chi connectivity index (χ2n) is 2.50. The van der Waals surface area contributed by atoms with Crippen LogP contribution in [0, 0.1) is 6.92 Å². The Labute approximate surface area is 80.2 Å². The molecule has 0 aliphatic heterocycles. The normalized spacial score (nSPS) is 9.50. The minimum absolute atomic E-state index is 0.0417. The number of benzene rings is 1. The molecule has 0 amide bonds. The Morgan fingerprint density at radius 3 is 2.75 bits per heavy atom. The smallest absolute Gasteiger partial charge is 0.186 e. The van der Waals surface area contributed by atoms with Gasteiger partial charge < -0.3 is 0 Å². The maximum Gasteiger partial charge on any atom is 0.186 e. The molecule has 0 heterocycles. The zero-order valence-corrected chi connectivity index (χ0v) is 8.39. The van der Waals surface area contributed by atoms with Gasteiger partial charge in [-0.1, -0.05) is 34.6 Å². The van der Waals surface area contributed by atoms with E-state index in [1.54, 1.807) is 0 Å². The number of hydrogen-bond donors (Lipinski definition) is 0. The van der Waals surface area contributed by atoms with Gasteiger partial charge in [0.2, 0.25) is 0 Å². The topological polar surface area (TPSA) is 17.1 Å². The molecule has 0 fully saturated rings. The molecule has 0 saturated carbocycles. The van der Waals surface area contributed by atoms with E-state index in [1.807, 2.05) is 25.1 Å². The first kappa shape index (κ1) is 9.20. The van der Waals surface area contributed by atoms with E-state index in [0.717, 1.165) is 10.0 Å². The summed E-state index contributed by atoms with van der Waals surface area (Å²) >= 11 is 3.32. The average Bonchev–Trinajstić information content (AvgIpc) is 2.03. The first-order valence-corrected chi connectivity index (χ1v) is 4.38. The van der Waals surface area contributed by atoms with Crippen molar-refractivity contribution in [3.8, 4) is 0 Å². The number of halogens is 1. The summed E-state index contributed by atoms with van der Waals surface area (Å²) in [5.74, 6) is -0.0417. The molecule has 0 radical (unpaired) electrons. The summed E-state index contributed by atoms with van der Waals surface area (Å²) in [6.07, 6.45) is 1.33. The molecule has 0 aromatic heterocycles. The van der Waals surface area contributed by atoms with Crippen LogP contribution in [0.4, 0.5) is 0 Å². The third-order valence-electron chi connectivity index (χ3n) is 1.65. The van der Waals surface area contributed by atoms with Gasteiger partial charge in [0.15, 0.2) is 5.78 Å². The number of rotatable bonds is 2. The predicted octanol–water partition coefficient (Wildman–Crippen LogP) is 3.13. The van der Waals surface area contributed by atoms with Gasteiger partial charge in [-0.3, -0.25) is 4.79 Å². The van der Waals surface area contributed by atoms with Gasteiger partial charge in [0, 0.05) is 10.0 Å². The van der Waals surface area contributed by atoms with Crippen LogP contribution in [0.3, 0.4) is 0 Å². The highest BCUT2D eigenvalue weighted by Crippen LogP contribution is 2.20. The van der Waals surface area contributed by atoms with Crippen LogP contribution in [0.25, 0.3) is 0 Å². The molecule has 12 heavy (non-hydrogen) atoms. The highest BCUT2D eigenvalue weighted by molar-refractivity contribution is 9.10. The van der Waals surface area contributed by atoms with Crippen molar-refractivity contribution in [2.45, 2.75) is 6.92 Å². The van der Waals surface area contributed by atoms with E-state index in [1.165, 1.54) is 6.08 Å². The molecule has 0 N–H and O–H groups in total. The fourth-order valence-corrected chi connectivity index (χ4v) is 1.71. The molecule has 62 valence electrons. The van der Waals surface area contributed by atoms with Crippen molar-refractivity contribution >= 4 is 21.7 Å².